The molecule has 8 nitrogen and oxygen atoms in total. The van der Waals surface area contributed by atoms with Crippen molar-refractivity contribution in [2.45, 2.75) is 6.92 Å². The molecule has 0 saturated carbocycles. The van der Waals surface area contributed by atoms with Crippen LogP contribution in [0, 0.1) is 16.0 Å². The molecule has 8 heteroatoms. The van der Waals surface area contributed by atoms with Crippen molar-refractivity contribution in [3.05, 3.63) is 16.3 Å². The van der Waals surface area contributed by atoms with Gasteiger partial charge in [-0.3, -0.25) is 4.79 Å². The van der Waals surface area contributed by atoms with Crippen molar-refractivity contribution in [3.63, 3.8) is 0 Å². The van der Waals surface area contributed by atoms with Crippen molar-refractivity contribution >= 4 is 17.5 Å². The molecule has 2 N–H and O–H groups in total. The van der Waals surface area contributed by atoms with Gasteiger partial charge in [-0.05, 0) is 4.92 Å². The number of carboxylic acids is 1. The molecule has 1 heterocycles. The van der Waals surface area contributed by atoms with Crippen LogP contribution in [-0.4, -0.2) is 39.8 Å². The summed E-state index contributed by atoms with van der Waals surface area (Å²) in [5.74, 6) is -1.79. The lowest BCUT2D eigenvalue weighted by molar-refractivity contribution is -0.388. The Morgan fingerprint density at radius 3 is 2.94 bits per heavy atom. The fourth-order valence-corrected chi connectivity index (χ4v) is 1.27. The van der Waals surface area contributed by atoms with E-state index in [0.29, 0.717) is 0 Å². The van der Waals surface area contributed by atoms with Gasteiger partial charge >= 0.3 is 11.8 Å². The van der Waals surface area contributed by atoms with Crippen molar-refractivity contribution in [3.8, 4) is 0 Å². The first-order valence-corrected chi connectivity index (χ1v) is 4.55. The van der Waals surface area contributed by atoms with E-state index in [9.17, 15) is 14.9 Å². The number of aliphatic carboxylic acids is 1. The molecule has 0 aliphatic heterocycles. The number of hydrogen-bond acceptors (Lipinski definition) is 5. The van der Waals surface area contributed by atoms with Crippen molar-refractivity contribution in [1.82, 2.24) is 10.2 Å². The minimum absolute atomic E-state index is 0.176. The predicted octanol–water partition coefficient (Wildman–Crippen LogP) is 0.475. The summed E-state index contributed by atoms with van der Waals surface area (Å²) in [4.78, 5) is 22.1. The van der Waals surface area contributed by atoms with E-state index in [1.807, 2.05) is 0 Å². The maximum atomic E-state index is 10.6. The molecule has 0 bridgehead atoms. The van der Waals surface area contributed by atoms with E-state index in [4.69, 9.17) is 5.11 Å². The number of H-pyrrole nitrogens is 1. The van der Waals surface area contributed by atoms with Crippen molar-refractivity contribution in [1.29, 1.82) is 0 Å². The zero-order chi connectivity index (χ0) is 12.3. The zero-order valence-corrected chi connectivity index (χ0v) is 8.88. The summed E-state index contributed by atoms with van der Waals surface area (Å²) in [6.07, 6.45) is 1.30. The van der Waals surface area contributed by atoms with E-state index in [-0.39, 0.29) is 18.1 Å². The highest BCUT2D eigenvalue weighted by molar-refractivity contribution is 5.71. The molecule has 0 amide bonds. The summed E-state index contributed by atoms with van der Waals surface area (Å²) in [6.45, 7) is 1.71. The van der Waals surface area contributed by atoms with Gasteiger partial charge in [0.2, 0.25) is 0 Å². The monoisotopic (exact) mass is 228 g/mol. The molecule has 16 heavy (non-hydrogen) atoms. The van der Waals surface area contributed by atoms with E-state index in [2.05, 4.69) is 10.2 Å². The molecule has 0 fully saturated rings. The second-order valence-electron chi connectivity index (χ2n) is 3.48. The largest absolute Gasteiger partial charge is 0.481 e. The molecule has 88 valence electrons. The second kappa shape index (κ2) is 4.60. The molecule has 0 radical (unpaired) electrons. The fraction of sp³-hybridized carbons (Fsp3) is 0.500. The Morgan fingerprint density at radius 2 is 2.44 bits per heavy atom. The fourth-order valence-electron chi connectivity index (χ4n) is 1.27. The van der Waals surface area contributed by atoms with Crippen LogP contribution in [0.15, 0.2) is 6.20 Å². The number of carboxylic acid groups (broad SMARTS) is 1. The summed E-state index contributed by atoms with van der Waals surface area (Å²) >= 11 is 0. The number of nitrogens with one attached hydrogen (secondary N) is 1. The lowest BCUT2D eigenvalue weighted by Crippen LogP contribution is -2.28. The van der Waals surface area contributed by atoms with Gasteiger partial charge in [-0.25, -0.2) is 0 Å². The summed E-state index contributed by atoms with van der Waals surface area (Å²) < 4.78 is 0. The number of aromatic nitrogens is 2. The Kier molecular flexibility index (Phi) is 3.44. The number of nitro groups is 1. The predicted molar refractivity (Wildman–Crippen MR) is 55.3 cm³/mol. The van der Waals surface area contributed by atoms with E-state index in [0.717, 1.165) is 0 Å². The third kappa shape index (κ3) is 2.47. The molecule has 0 aromatic carbocycles. The first-order valence-electron chi connectivity index (χ1n) is 4.55. The molecule has 1 rings (SSSR count). The maximum absolute atomic E-state index is 10.6. The van der Waals surface area contributed by atoms with Gasteiger partial charge in [0, 0.05) is 13.6 Å². The smallest absolute Gasteiger partial charge is 0.366 e. The van der Waals surface area contributed by atoms with Gasteiger partial charge in [0.15, 0.2) is 5.69 Å². The van der Waals surface area contributed by atoms with Crippen LogP contribution < -0.4 is 4.90 Å². The van der Waals surface area contributed by atoms with Crippen LogP contribution in [0.2, 0.25) is 0 Å². The Balaban J connectivity index is 2.80. The van der Waals surface area contributed by atoms with Gasteiger partial charge in [0.25, 0.3) is 0 Å². The molecular formula is C8H12N4O4. The number of nitrogens with zero attached hydrogens (tertiary/aromatic N) is 3. The molecule has 1 atom stereocenters. The molecule has 0 aliphatic rings. The Hall–Kier alpha value is -2.12. The molecule has 0 spiro atoms. The average Bonchev–Trinajstić information content (AvgIpc) is 2.65. The van der Waals surface area contributed by atoms with E-state index < -0.39 is 16.8 Å². The van der Waals surface area contributed by atoms with Crippen molar-refractivity contribution in [2.75, 3.05) is 18.5 Å². The lowest BCUT2D eigenvalue weighted by Gasteiger charge is -2.18. The molecule has 0 aliphatic carbocycles. The Morgan fingerprint density at radius 1 is 1.81 bits per heavy atom. The highest BCUT2D eigenvalue weighted by Crippen LogP contribution is 2.24. The lowest BCUT2D eigenvalue weighted by atomic mass is 10.2. The van der Waals surface area contributed by atoms with Crippen LogP contribution >= 0.6 is 0 Å². The SMILES string of the molecule is CC(CN(C)c1cn[nH]c1[N+](=O)[O-])C(=O)O. The van der Waals surface area contributed by atoms with Crippen molar-refractivity contribution in [2.24, 2.45) is 5.92 Å². The standard InChI is InChI=1S/C8H12N4O4/c1-5(8(13)14)4-11(2)6-3-9-10-7(6)12(15)16/h3,5H,4H2,1-2H3,(H,9,10)(H,13,14). The zero-order valence-electron chi connectivity index (χ0n) is 8.88. The first kappa shape index (κ1) is 12.0. The molecule has 1 unspecified atom stereocenters. The van der Waals surface area contributed by atoms with Gasteiger partial charge < -0.3 is 20.1 Å². The number of carbonyl (C=O) groups is 1. The van der Waals surface area contributed by atoms with Gasteiger partial charge in [0.1, 0.15) is 6.20 Å². The minimum atomic E-state index is -0.946. The van der Waals surface area contributed by atoms with Crippen LogP contribution in [0.25, 0.3) is 0 Å². The van der Waals surface area contributed by atoms with Crippen LogP contribution in [0.5, 0.6) is 0 Å². The topological polar surface area (TPSA) is 112 Å². The summed E-state index contributed by atoms with van der Waals surface area (Å²) in [5, 5.41) is 25.1. The van der Waals surface area contributed by atoms with Crippen LogP contribution in [0.4, 0.5) is 11.5 Å². The first-order chi connectivity index (χ1) is 7.43. The highest BCUT2D eigenvalue weighted by Gasteiger charge is 2.21. The summed E-state index contributed by atoms with van der Waals surface area (Å²) in [6, 6.07) is 0. The normalized spacial score (nSPS) is 12.1. The number of rotatable bonds is 5. The molecule has 0 saturated heterocycles. The van der Waals surface area contributed by atoms with Gasteiger partial charge in [-0.2, -0.15) is 0 Å². The number of anilines is 1. The van der Waals surface area contributed by atoms with Crippen LogP contribution in [0.1, 0.15) is 6.92 Å². The average molecular weight is 228 g/mol. The van der Waals surface area contributed by atoms with Crippen LogP contribution in [0.3, 0.4) is 0 Å². The van der Waals surface area contributed by atoms with Gasteiger partial charge in [-0.15, -0.1) is 5.10 Å². The maximum Gasteiger partial charge on any atom is 0.366 e. The quantitative estimate of drug-likeness (QED) is 0.559. The minimum Gasteiger partial charge on any atom is -0.481 e. The molecule has 1 aromatic rings. The Bertz CT molecular complexity index is 402. The van der Waals surface area contributed by atoms with E-state index in [1.165, 1.54) is 18.0 Å². The number of hydrogen-bond donors (Lipinski definition) is 2. The number of aromatic amines is 1. The van der Waals surface area contributed by atoms with Gasteiger partial charge in [0.05, 0.1) is 5.92 Å². The summed E-state index contributed by atoms with van der Waals surface area (Å²) in [5.41, 5.74) is 0.276. The van der Waals surface area contributed by atoms with Gasteiger partial charge in [-0.1, -0.05) is 12.0 Å². The second-order valence-corrected chi connectivity index (χ2v) is 3.48. The third-order valence-electron chi connectivity index (χ3n) is 2.16. The molecule has 1 aromatic heterocycles. The van der Waals surface area contributed by atoms with E-state index in [1.54, 1.807) is 7.05 Å². The van der Waals surface area contributed by atoms with E-state index >= 15 is 0 Å². The molecular weight excluding hydrogens is 216 g/mol. The van der Waals surface area contributed by atoms with Crippen molar-refractivity contribution < 1.29 is 14.8 Å². The summed E-state index contributed by atoms with van der Waals surface area (Å²) in [7, 11) is 1.58. The Labute approximate surface area is 91.0 Å². The highest BCUT2D eigenvalue weighted by atomic mass is 16.6. The van der Waals surface area contributed by atoms with Crippen LogP contribution in [-0.2, 0) is 4.79 Å². The third-order valence-corrected chi connectivity index (χ3v) is 2.16.